The molecule has 2 atom stereocenters. The number of rotatable bonds is 0. The summed E-state index contributed by atoms with van der Waals surface area (Å²) in [7, 11) is 0. The molecule has 0 aromatic rings. The van der Waals surface area contributed by atoms with Crippen LogP contribution in [-0.4, -0.2) is 6.88 Å². The predicted molar refractivity (Wildman–Crippen MR) is 110 cm³/mol. The van der Waals surface area contributed by atoms with Crippen molar-refractivity contribution in [2.75, 3.05) is 0 Å². The van der Waals surface area contributed by atoms with Crippen LogP contribution in [0.4, 0.5) is 0 Å². The van der Waals surface area contributed by atoms with Gasteiger partial charge in [0.2, 0.25) is 0 Å². The van der Waals surface area contributed by atoms with Crippen molar-refractivity contribution in [1.82, 2.24) is 0 Å². The van der Waals surface area contributed by atoms with Crippen molar-refractivity contribution in [3.05, 3.63) is 62.5 Å². The van der Waals surface area contributed by atoms with Crippen LogP contribution in [0.3, 0.4) is 0 Å². The zero-order valence-corrected chi connectivity index (χ0v) is 21.5. The van der Waals surface area contributed by atoms with E-state index in [0.717, 1.165) is 0 Å². The van der Waals surface area contributed by atoms with E-state index in [4.69, 9.17) is 0 Å². The Kier molecular flexibility index (Phi) is 14.9. The molecule has 0 aromatic carbocycles. The molecule has 138 valence electrons. The molecule has 2 rings (SSSR count). The zero-order valence-electron chi connectivity index (χ0n) is 17.7. The fourth-order valence-electron chi connectivity index (χ4n) is 2.11. The molecule has 0 fully saturated rings. The van der Waals surface area contributed by atoms with Crippen LogP contribution < -0.4 is 0 Å². The van der Waals surface area contributed by atoms with Gasteiger partial charge in [0.25, 0.3) is 0 Å². The second-order valence-electron chi connectivity index (χ2n) is 7.94. The van der Waals surface area contributed by atoms with Crippen LogP contribution in [0.15, 0.2) is 35.5 Å². The molecule has 24 heavy (non-hydrogen) atoms. The molecule has 2 unspecified atom stereocenters. The van der Waals surface area contributed by atoms with Crippen LogP contribution in [0.25, 0.3) is 0 Å². The van der Waals surface area contributed by atoms with E-state index >= 15 is 0 Å². The Morgan fingerprint density at radius 3 is 1.08 bits per heavy atom. The quantitative estimate of drug-likeness (QED) is 0.336. The summed E-state index contributed by atoms with van der Waals surface area (Å²) >= 11 is 1.58. The van der Waals surface area contributed by atoms with Gasteiger partial charge in [-0.25, -0.2) is 12.2 Å². The zero-order chi connectivity index (χ0) is 17.6. The van der Waals surface area contributed by atoms with E-state index in [9.17, 15) is 0 Å². The topological polar surface area (TPSA) is 0 Å². The van der Waals surface area contributed by atoms with Crippen molar-refractivity contribution < 1.29 is 23.3 Å². The fourth-order valence-corrected chi connectivity index (χ4v) is 2.11. The SMILES string of the molecule is CC1[C-]=CC(C(C)(C)C)=C1.CC1[C-]=CC(C(C)(C)C)=C1.[CH3-].[CH3-].[SiH2]=[Zr]. The molecule has 2 heteroatoms. The second kappa shape index (κ2) is 12.4. The van der Waals surface area contributed by atoms with E-state index in [-0.39, 0.29) is 14.9 Å². The van der Waals surface area contributed by atoms with Gasteiger partial charge in [-0.3, -0.25) is 12.2 Å². The van der Waals surface area contributed by atoms with Gasteiger partial charge in [0.1, 0.15) is 0 Å². The van der Waals surface area contributed by atoms with E-state index in [0.29, 0.717) is 22.7 Å². The van der Waals surface area contributed by atoms with Gasteiger partial charge >= 0.3 is 30.2 Å². The number of hydrogen-bond donors (Lipinski definition) is 0. The first-order valence-corrected chi connectivity index (χ1v) is 13.9. The molecule has 0 bridgehead atoms. The van der Waals surface area contributed by atoms with E-state index in [1.165, 1.54) is 11.1 Å². The van der Waals surface area contributed by atoms with Gasteiger partial charge in [0.15, 0.2) is 0 Å². The third kappa shape index (κ3) is 10.8. The normalized spacial score (nSPS) is 21.1. The Morgan fingerprint density at radius 1 is 0.750 bits per heavy atom. The van der Waals surface area contributed by atoms with E-state index in [1.54, 1.807) is 23.3 Å². The van der Waals surface area contributed by atoms with Crippen molar-refractivity contribution in [2.45, 2.75) is 55.4 Å². The summed E-state index contributed by atoms with van der Waals surface area (Å²) in [4.78, 5) is 0. The van der Waals surface area contributed by atoms with Crippen LogP contribution in [-0.2, 0) is 23.3 Å². The van der Waals surface area contributed by atoms with Gasteiger partial charge < -0.3 is 14.9 Å². The van der Waals surface area contributed by atoms with Gasteiger partial charge in [0.05, 0.1) is 0 Å². The number of hydrogen-bond acceptors (Lipinski definition) is 0. The van der Waals surface area contributed by atoms with E-state index in [1.807, 2.05) is 6.88 Å². The molecule has 0 saturated carbocycles. The molecule has 2 aliphatic rings. The molecule has 0 aromatic heterocycles. The van der Waals surface area contributed by atoms with Crippen molar-refractivity contribution in [1.29, 1.82) is 0 Å². The Labute approximate surface area is 170 Å². The number of allylic oxidation sites excluding steroid dienone is 8. The van der Waals surface area contributed by atoms with Gasteiger partial charge in [-0.2, -0.15) is 23.3 Å². The average Bonchev–Trinajstić information content (AvgIpc) is 3.00. The third-order valence-electron chi connectivity index (χ3n) is 3.59. The molecule has 0 saturated heterocycles. The predicted octanol–water partition coefficient (Wildman–Crippen LogP) is 5.92. The maximum absolute atomic E-state index is 3.26. The summed E-state index contributed by atoms with van der Waals surface area (Å²) in [5, 5.41) is 0. The molecule has 0 N–H and O–H groups in total. The molecule has 0 radical (unpaired) electrons. The molecular formula is C22H38SiZr-4. The Morgan fingerprint density at radius 2 is 1.00 bits per heavy atom. The minimum atomic E-state index is 0. The molecule has 2 aliphatic carbocycles. The van der Waals surface area contributed by atoms with Gasteiger partial charge in [-0.05, 0) is 0 Å². The molecule has 0 nitrogen and oxygen atoms in total. The average molecular weight is 422 g/mol. The van der Waals surface area contributed by atoms with Gasteiger partial charge in [0, 0.05) is 0 Å². The van der Waals surface area contributed by atoms with Gasteiger partial charge in [-0.1, -0.05) is 78.1 Å². The maximum atomic E-state index is 3.26. The van der Waals surface area contributed by atoms with Crippen LogP contribution in [0, 0.1) is 49.7 Å². The summed E-state index contributed by atoms with van der Waals surface area (Å²) in [6.45, 7) is 19.7. The monoisotopic (exact) mass is 420 g/mol. The van der Waals surface area contributed by atoms with Crippen molar-refractivity contribution in [3.8, 4) is 0 Å². The van der Waals surface area contributed by atoms with Crippen LogP contribution in [0.5, 0.6) is 0 Å². The first kappa shape index (κ1) is 28.8. The van der Waals surface area contributed by atoms with Crippen LogP contribution in [0.1, 0.15) is 55.4 Å². The first-order valence-electron chi connectivity index (χ1n) is 7.98. The second-order valence-corrected chi connectivity index (χ2v) is 7.94. The van der Waals surface area contributed by atoms with Gasteiger partial charge in [-0.15, -0.1) is 0 Å². The van der Waals surface area contributed by atoms with E-state index < -0.39 is 0 Å². The third-order valence-corrected chi connectivity index (χ3v) is 3.59. The standard InChI is InChI=1S/2C10H15.2CH3.H2Si.Zr/c2*1-8-5-6-9(7-8)10(2,3)4;;;;/h2*6-8H,1-4H3;2*1H3;1H2;/q4*-1;;. The fraction of sp³-hybridized carbons (Fsp3) is 0.545. The van der Waals surface area contributed by atoms with Crippen LogP contribution in [0.2, 0.25) is 0 Å². The Hall–Kier alpha value is 0.0600. The molecular weight excluding hydrogens is 384 g/mol. The van der Waals surface area contributed by atoms with Crippen LogP contribution >= 0.6 is 0 Å². The molecule has 0 aliphatic heterocycles. The molecule has 0 spiro atoms. The molecule has 0 amide bonds. The van der Waals surface area contributed by atoms with E-state index in [2.05, 4.69) is 91.8 Å². The summed E-state index contributed by atoms with van der Waals surface area (Å²) in [5.41, 5.74) is 3.44. The molecule has 0 heterocycles. The first-order chi connectivity index (χ1) is 10.00. The summed E-state index contributed by atoms with van der Waals surface area (Å²) in [6, 6.07) is 0. The van der Waals surface area contributed by atoms with Crippen molar-refractivity contribution >= 4 is 6.88 Å². The summed E-state index contributed by atoms with van der Waals surface area (Å²) < 4.78 is 0. The Bertz CT molecular complexity index is 423. The summed E-state index contributed by atoms with van der Waals surface area (Å²) in [5.74, 6) is 1.04. The minimum absolute atomic E-state index is 0. The van der Waals surface area contributed by atoms with Crippen molar-refractivity contribution in [3.63, 3.8) is 0 Å². The summed E-state index contributed by atoms with van der Waals surface area (Å²) in [6.07, 6.45) is 15.3. The Balaban J connectivity index is -0.000000310. The van der Waals surface area contributed by atoms with Crippen molar-refractivity contribution in [2.24, 2.45) is 22.7 Å².